The predicted octanol–water partition coefficient (Wildman–Crippen LogP) is 3.29. The van der Waals surface area contributed by atoms with E-state index in [0.29, 0.717) is 17.0 Å². The van der Waals surface area contributed by atoms with Crippen LogP contribution in [0.2, 0.25) is 0 Å². The Morgan fingerprint density at radius 2 is 1.24 bits per heavy atom. The van der Waals surface area contributed by atoms with Gasteiger partial charge in [0.05, 0.1) is 0 Å². The fourth-order valence-electron chi connectivity index (χ4n) is 2.54. The Bertz CT molecular complexity index is 610. The van der Waals surface area contributed by atoms with Gasteiger partial charge in [-0.2, -0.15) is 0 Å². The lowest BCUT2D eigenvalue weighted by atomic mass is 10.0. The van der Waals surface area contributed by atoms with Crippen molar-refractivity contribution < 1.29 is 14.4 Å². The molecular weight excluding hydrogens is 316 g/mol. The number of rotatable bonds is 7. The summed E-state index contributed by atoms with van der Waals surface area (Å²) in [7, 11) is 0. The minimum absolute atomic E-state index is 0.0565. The summed E-state index contributed by atoms with van der Waals surface area (Å²) in [5.41, 5.74) is 0.769. The van der Waals surface area contributed by atoms with E-state index in [9.17, 15) is 14.4 Å². The van der Waals surface area contributed by atoms with E-state index in [1.165, 1.54) is 12.1 Å². The summed E-state index contributed by atoms with van der Waals surface area (Å²) in [6, 6.07) is 6.18. The van der Waals surface area contributed by atoms with Gasteiger partial charge in [-0.3, -0.25) is 14.4 Å². The van der Waals surface area contributed by atoms with Gasteiger partial charge in [0.1, 0.15) is 0 Å². The van der Waals surface area contributed by atoms with E-state index in [1.54, 1.807) is 17.0 Å². The Hall–Kier alpha value is -2.17. The van der Waals surface area contributed by atoms with Gasteiger partial charge in [0.2, 0.25) is 5.78 Å². The Balaban J connectivity index is 2.90. The molecule has 0 spiro atoms. The van der Waals surface area contributed by atoms with Gasteiger partial charge < -0.3 is 10.2 Å². The molecule has 0 radical (unpaired) electrons. The molecule has 5 heteroatoms. The van der Waals surface area contributed by atoms with Crippen LogP contribution in [-0.2, 0) is 4.79 Å². The molecule has 0 unspecified atom stereocenters. The number of carbonyl (C=O) groups excluding carboxylic acids is 3. The number of ketones is 1. The van der Waals surface area contributed by atoms with Gasteiger partial charge in [-0.1, -0.05) is 26.0 Å². The van der Waals surface area contributed by atoms with Crippen LogP contribution in [0, 0.1) is 5.92 Å². The molecule has 138 valence electrons. The molecule has 1 aromatic rings. The summed E-state index contributed by atoms with van der Waals surface area (Å²) in [4.78, 5) is 38.7. The first-order chi connectivity index (χ1) is 11.6. The highest BCUT2D eigenvalue weighted by Gasteiger charge is 2.27. The second kappa shape index (κ2) is 8.79. The zero-order chi connectivity index (χ0) is 19.3. The van der Waals surface area contributed by atoms with Crippen LogP contribution >= 0.6 is 0 Å². The zero-order valence-corrected chi connectivity index (χ0v) is 16.3. The third-order valence-electron chi connectivity index (χ3n) is 4.31. The van der Waals surface area contributed by atoms with E-state index in [-0.39, 0.29) is 24.0 Å². The van der Waals surface area contributed by atoms with Gasteiger partial charge in [0, 0.05) is 29.3 Å². The first-order valence-corrected chi connectivity index (χ1v) is 8.84. The molecule has 0 saturated carbocycles. The molecular formula is C20H30N2O3. The first-order valence-electron chi connectivity index (χ1n) is 8.84. The molecule has 5 nitrogen and oxygen atoms in total. The number of nitrogens with zero attached hydrogens (tertiary/aromatic N) is 1. The van der Waals surface area contributed by atoms with Crippen molar-refractivity contribution in [2.75, 3.05) is 0 Å². The van der Waals surface area contributed by atoms with Crippen LogP contribution in [0.15, 0.2) is 24.3 Å². The lowest BCUT2D eigenvalue weighted by Crippen LogP contribution is -2.45. The van der Waals surface area contributed by atoms with Gasteiger partial charge >= 0.3 is 0 Å². The lowest BCUT2D eigenvalue weighted by Gasteiger charge is -2.30. The molecule has 1 rings (SSSR count). The number of benzene rings is 1. The third kappa shape index (κ3) is 5.41. The smallest absolute Gasteiger partial charge is 0.295 e. The Morgan fingerprint density at radius 3 is 1.64 bits per heavy atom. The Kier molecular flexibility index (Phi) is 7.34. The summed E-state index contributed by atoms with van der Waals surface area (Å²) in [5, 5.41) is 2.92. The van der Waals surface area contributed by atoms with Crippen LogP contribution in [0.4, 0.5) is 0 Å². The monoisotopic (exact) mass is 346 g/mol. The fraction of sp³-hybridized carbons (Fsp3) is 0.550. The summed E-state index contributed by atoms with van der Waals surface area (Å²) in [6.07, 6.45) is 0. The number of nitrogens with one attached hydrogen (secondary N) is 1. The third-order valence-corrected chi connectivity index (χ3v) is 4.31. The number of hydrogen-bond donors (Lipinski definition) is 1. The molecule has 0 aliphatic rings. The van der Waals surface area contributed by atoms with Gasteiger partial charge in [-0.15, -0.1) is 0 Å². The second-order valence-electron chi connectivity index (χ2n) is 7.31. The van der Waals surface area contributed by atoms with Crippen molar-refractivity contribution in [3.63, 3.8) is 0 Å². The van der Waals surface area contributed by atoms with Crippen LogP contribution in [0.25, 0.3) is 0 Å². The topological polar surface area (TPSA) is 66.5 Å². The molecule has 0 fully saturated rings. The lowest BCUT2D eigenvalue weighted by molar-refractivity contribution is -0.129. The maximum Gasteiger partial charge on any atom is 0.295 e. The van der Waals surface area contributed by atoms with Crippen molar-refractivity contribution in [2.24, 2.45) is 5.92 Å². The quantitative estimate of drug-likeness (QED) is 0.608. The Labute approximate surface area is 150 Å². The van der Waals surface area contributed by atoms with Crippen molar-refractivity contribution in [1.82, 2.24) is 10.2 Å². The summed E-state index contributed by atoms with van der Waals surface area (Å²) < 4.78 is 0. The molecule has 0 heterocycles. The number of hydrogen-bond acceptors (Lipinski definition) is 3. The van der Waals surface area contributed by atoms with Crippen molar-refractivity contribution in [3.05, 3.63) is 35.4 Å². The summed E-state index contributed by atoms with van der Waals surface area (Å²) in [5.74, 6) is -0.918. The predicted molar refractivity (Wildman–Crippen MR) is 99.7 cm³/mol. The van der Waals surface area contributed by atoms with Crippen LogP contribution in [0.5, 0.6) is 0 Å². The number of amides is 2. The standard InChI is InChI=1S/C20H30N2O3/c1-12(2)15(7)21-19(24)17-10-8-16(9-11-17)18(23)20(25)22(13(3)4)14(5)6/h8-15H,1-7H3,(H,21,24)/t15-/m0/s1. The minimum Gasteiger partial charge on any atom is -0.349 e. The van der Waals surface area contributed by atoms with Crippen LogP contribution in [0.1, 0.15) is 69.2 Å². The van der Waals surface area contributed by atoms with E-state index in [1.807, 2.05) is 48.5 Å². The van der Waals surface area contributed by atoms with E-state index >= 15 is 0 Å². The SMILES string of the molecule is CC(C)[C@H](C)NC(=O)c1ccc(C(=O)C(=O)N(C(C)C)C(C)C)cc1. The summed E-state index contributed by atoms with van der Waals surface area (Å²) >= 11 is 0. The number of Topliss-reactive ketones (excluding diaryl/α,β-unsaturated/α-hetero) is 1. The fourth-order valence-corrected chi connectivity index (χ4v) is 2.54. The van der Waals surface area contributed by atoms with E-state index in [2.05, 4.69) is 5.32 Å². The molecule has 1 aromatic carbocycles. The van der Waals surface area contributed by atoms with E-state index in [4.69, 9.17) is 0 Å². The van der Waals surface area contributed by atoms with Crippen molar-refractivity contribution in [2.45, 2.75) is 66.6 Å². The van der Waals surface area contributed by atoms with Gasteiger partial charge in [-0.25, -0.2) is 0 Å². The van der Waals surface area contributed by atoms with Crippen LogP contribution < -0.4 is 5.32 Å². The average Bonchev–Trinajstić information content (AvgIpc) is 2.53. The maximum absolute atomic E-state index is 12.5. The molecule has 0 bridgehead atoms. The molecule has 0 aromatic heterocycles. The van der Waals surface area contributed by atoms with Crippen molar-refractivity contribution >= 4 is 17.6 Å². The number of carbonyl (C=O) groups is 3. The molecule has 1 atom stereocenters. The molecule has 0 aliphatic heterocycles. The van der Waals surface area contributed by atoms with Crippen molar-refractivity contribution in [1.29, 1.82) is 0 Å². The van der Waals surface area contributed by atoms with Gasteiger partial charge in [-0.05, 0) is 52.7 Å². The summed E-state index contributed by atoms with van der Waals surface area (Å²) in [6.45, 7) is 13.6. The van der Waals surface area contributed by atoms with Gasteiger partial charge in [0.25, 0.3) is 11.8 Å². The molecule has 2 amide bonds. The molecule has 0 aliphatic carbocycles. The largest absolute Gasteiger partial charge is 0.349 e. The minimum atomic E-state index is -0.551. The molecule has 25 heavy (non-hydrogen) atoms. The molecule has 1 N–H and O–H groups in total. The zero-order valence-electron chi connectivity index (χ0n) is 16.3. The normalized spacial score (nSPS) is 12.4. The average molecular weight is 346 g/mol. The maximum atomic E-state index is 12.5. The second-order valence-corrected chi connectivity index (χ2v) is 7.31. The van der Waals surface area contributed by atoms with Gasteiger partial charge in [0.15, 0.2) is 0 Å². The van der Waals surface area contributed by atoms with Crippen molar-refractivity contribution in [3.8, 4) is 0 Å². The van der Waals surface area contributed by atoms with Crippen LogP contribution in [0.3, 0.4) is 0 Å². The molecule has 0 saturated heterocycles. The highest BCUT2D eigenvalue weighted by Crippen LogP contribution is 2.12. The first kappa shape index (κ1) is 20.9. The highest BCUT2D eigenvalue weighted by atomic mass is 16.2. The Morgan fingerprint density at radius 1 is 0.800 bits per heavy atom. The highest BCUT2D eigenvalue weighted by molar-refractivity contribution is 6.42. The van der Waals surface area contributed by atoms with E-state index < -0.39 is 11.7 Å². The van der Waals surface area contributed by atoms with E-state index in [0.717, 1.165) is 0 Å². The van der Waals surface area contributed by atoms with Crippen LogP contribution in [-0.4, -0.2) is 40.6 Å².